The topological polar surface area (TPSA) is 147 Å². The van der Waals surface area contributed by atoms with Gasteiger partial charge in [0.05, 0.1) is 17.2 Å². The summed E-state index contributed by atoms with van der Waals surface area (Å²) in [6.45, 7) is 15.9. The molecule has 2 aromatic heterocycles. The van der Waals surface area contributed by atoms with E-state index in [0.29, 0.717) is 16.6 Å². The Balaban J connectivity index is 1.65. The fourth-order valence-electron chi connectivity index (χ4n) is 5.39. The summed E-state index contributed by atoms with van der Waals surface area (Å²) in [7, 11) is 1.56. The maximum atomic E-state index is 14.2. The molecule has 12 heteroatoms. The number of carbonyl (C=O) groups excluding carboxylic acids is 4. The highest BCUT2D eigenvalue weighted by Gasteiger charge is 2.32. The Morgan fingerprint density at radius 3 is 1.53 bits per heavy atom. The van der Waals surface area contributed by atoms with Gasteiger partial charge in [0.25, 0.3) is 0 Å². The van der Waals surface area contributed by atoms with Crippen LogP contribution in [0.1, 0.15) is 73.4 Å². The first-order valence-corrected chi connectivity index (χ1v) is 16.3. The number of ether oxygens (including phenoxy) is 3. The molecule has 2 aromatic carbocycles. The van der Waals surface area contributed by atoms with E-state index in [4.69, 9.17) is 19.9 Å². The number of amides is 2. The molecule has 3 N–H and O–H groups in total. The number of alkyl carbamates (subject to hydrolysis) is 1. The third-order valence-electron chi connectivity index (χ3n) is 7.46. The van der Waals surface area contributed by atoms with E-state index < -0.39 is 53.2 Å². The Kier molecular flexibility index (Phi) is 10.5. The van der Waals surface area contributed by atoms with Gasteiger partial charge in [0.1, 0.15) is 22.8 Å². The lowest BCUT2D eigenvalue weighted by atomic mass is 10.0. The van der Waals surface area contributed by atoms with Crippen molar-refractivity contribution in [2.75, 3.05) is 7.05 Å². The molecule has 0 saturated carbocycles. The molecule has 2 atom stereocenters. The molecular weight excluding hydrogens is 626 g/mol. The zero-order chi connectivity index (χ0) is 36.5. The van der Waals surface area contributed by atoms with Crippen LogP contribution in [0.15, 0.2) is 60.9 Å². The van der Waals surface area contributed by atoms with Crippen LogP contribution >= 0.6 is 0 Å². The first-order chi connectivity index (χ1) is 22.6. The van der Waals surface area contributed by atoms with Crippen LogP contribution in [0.4, 0.5) is 14.4 Å². The highest BCUT2D eigenvalue weighted by molar-refractivity contribution is 5.94. The van der Waals surface area contributed by atoms with E-state index in [1.165, 1.54) is 14.0 Å². The Bertz CT molecular complexity index is 1850. The minimum absolute atomic E-state index is 0.0311. The van der Waals surface area contributed by atoms with Crippen LogP contribution in [0.3, 0.4) is 0 Å². The second kappa shape index (κ2) is 13.9. The van der Waals surface area contributed by atoms with Crippen molar-refractivity contribution in [3.05, 3.63) is 72.1 Å². The van der Waals surface area contributed by atoms with Gasteiger partial charge in [0, 0.05) is 43.1 Å². The van der Waals surface area contributed by atoms with Gasteiger partial charge in [0.15, 0.2) is 0 Å². The number of carbonyl (C=O) groups is 4. The molecule has 0 radical (unpaired) electrons. The SMILES string of the molecule is CN(C(=O)[C@@H](Cc1cn(C(=O)OC(C)(C)C)c2ccccc12)NC(=O)OC(C)(C)C)[C@@H](N)Cc1cn(C(=O)OC(C)(C)C)c2ccccc12. The van der Waals surface area contributed by atoms with Crippen LogP contribution in [0, 0.1) is 0 Å². The number of nitrogens with two attached hydrogens (primary N) is 1. The van der Waals surface area contributed by atoms with Crippen molar-refractivity contribution in [1.82, 2.24) is 19.4 Å². The molecule has 0 spiro atoms. The van der Waals surface area contributed by atoms with Gasteiger partial charge in [0.2, 0.25) is 5.91 Å². The van der Waals surface area contributed by atoms with Crippen LogP contribution in [0.5, 0.6) is 0 Å². The van der Waals surface area contributed by atoms with E-state index in [2.05, 4.69) is 5.32 Å². The largest absolute Gasteiger partial charge is 0.444 e. The van der Waals surface area contributed by atoms with E-state index in [1.54, 1.807) is 93.9 Å². The summed E-state index contributed by atoms with van der Waals surface area (Å²) in [6.07, 6.45) is 0.836. The quantitative estimate of drug-likeness (QED) is 0.165. The van der Waals surface area contributed by atoms with Gasteiger partial charge in [-0.2, -0.15) is 0 Å². The first kappa shape index (κ1) is 37.0. The van der Waals surface area contributed by atoms with Crippen molar-refractivity contribution in [2.45, 2.75) is 104 Å². The molecule has 0 saturated heterocycles. The average Bonchev–Trinajstić information content (AvgIpc) is 3.52. The van der Waals surface area contributed by atoms with Crippen LogP contribution in [0.25, 0.3) is 21.8 Å². The van der Waals surface area contributed by atoms with Gasteiger partial charge in [-0.15, -0.1) is 0 Å². The van der Waals surface area contributed by atoms with Crippen molar-refractivity contribution in [1.29, 1.82) is 0 Å². The Morgan fingerprint density at radius 1 is 0.694 bits per heavy atom. The molecule has 0 fully saturated rings. The summed E-state index contributed by atoms with van der Waals surface area (Å²) in [4.78, 5) is 54.8. The summed E-state index contributed by atoms with van der Waals surface area (Å²) >= 11 is 0. The van der Waals surface area contributed by atoms with Gasteiger partial charge in [-0.1, -0.05) is 36.4 Å². The summed E-state index contributed by atoms with van der Waals surface area (Å²) < 4.78 is 19.6. The number of benzene rings is 2. The molecule has 264 valence electrons. The molecule has 2 heterocycles. The lowest BCUT2D eigenvalue weighted by molar-refractivity contribution is -0.134. The fraction of sp³-hybridized carbons (Fsp3) is 0.459. The van der Waals surface area contributed by atoms with Crippen LogP contribution in [-0.4, -0.2) is 74.3 Å². The third kappa shape index (κ3) is 9.41. The highest BCUT2D eigenvalue weighted by Crippen LogP contribution is 2.27. The Morgan fingerprint density at radius 2 is 1.10 bits per heavy atom. The predicted molar refractivity (Wildman–Crippen MR) is 188 cm³/mol. The van der Waals surface area contributed by atoms with Gasteiger partial charge in [-0.25, -0.2) is 14.4 Å². The van der Waals surface area contributed by atoms with Crippen molar-refractivity contribution in [3.8, 4) is 0 Å². The van der Waals surface area contributed by atoms with E-state index in [1.807, 2.05) is 36.4 Å². The van der Waals surface area contributed by atoms with Crippen molar-refractivity contribution in [3.63, 3.8) is 0 Å². The number of hydrogen-bond donors (Lipinski definition) is 2. The summed E-state index contributed by atoms with van der Waals surface area (Å²) in [5, 5.41) is 4.25. The number of nitrogens with one attached hydrogen (secondary N) is 1. The smallest absolute Gasteiger partial charge is 0.419 e. The fourth-order valence-corrected chi connectivity index (χ4v) is 5.39. The van der Waals surface area contributed by atoms with E-state index in [-0.39, 0.29) is 12.8 Å². The molecule has 49 heavy (non-hydrogen) atoms. The molecule has 0 aliphatic rings. The lowest BCUT2D eigenvalue weighted by Gasteiger charge is -2.30. The minimum Gasteiger partial charge on any atom is -0.444 e. The van der Waals surface area contributed by atoms with Crippen LogP contribution in [0.2, 0.25) is 0 Å². The van der Waals surface area contributed by atoms with Crippen LogP contribution < -0.4 is 11.1 Å². The summed E-state index contributed by atoms with van der Waals surface area (Å²) in [6, 6.07) is 13.6. The molecular formula is C37H49N5O7. The molecule has 4 aromatic rings. The molecule has 4 rings (SSSR count). The van der Waals surface area contributed by atoms with Crippen molar-refractivity contribution in [2.24, 2.45) is 5.73 Å². The maximum Gasteiger partial charge on any atom is 0.419 e. The van der Waals surface area contributed by atoms with E-state index >= 15 is 0 Å². The normalized spacial score (nSPS) is 13.5. The average molecular weight is 676 g/mol. The van der Waals surface area contributed by atoms with Gasteiger partial charge < -0.3 is 30.2 Å². The van der Waals surface area contributed by atoms with Crippen molar-refractivity contribution >= 4 is 46.0 Å². The number of nitrogens with zero attached hydrogens (tertiary/aromatic N) is 3. The second-order valence-corrected chi connectivity index (χ2v) is 15.2. The highest BCUT2D eigenvalue weighted by atomic mass is 16.6. The summed E-state index contributed by atoms with van der Waals surface area (Å²) in [5.41, 5.74) is 7.06. The zero-order valence-corrected chi connectivity index (χ0v) is 30.1. The molecule has 2 amide bonds. The Hall–Kier alpha value is -4.84. The number of fused-ring (bicyclic) bond motifs is 2. The van der Waals surface area contributed by atoms with Crippen molar-refractivity contribution < 1.29 is 33.4 Å². The number of rotatable bonds is 7. The maximum absolute atomic E-state index is 14.2. The summed E-state index contributed by atoms with van der Waals surface area (Å²) in [5.74, 6) is -0.469. The van der Waals surface area contributed by atoms with E-state index in [0.717, 1.165) is 16.3 Å². The molecule has 0 aliphatic carbocycles. The number of para-hydroxylation sites is 2. The molecule has 0 bridgehead atoms. The lowest BCUT2D eigenvalue weighted by Crippen LogP contribution is -2.54. The van der Waals surface area contributed by atoms with Crippen LogP contribution in [-0.2, 0) is 31.8 Å². The molecule has 0 aliphatic heterocycles. The second-order valence-electron chi connectivity index (χ2n) is 15.2. The minimum atomic E-state index is -1.10. The number of hydrogen-bond acceptors (Lipinski definition) is 8. The number of likely N-dealkylation sites (N-methyl/N-ethyl adjacent to an activating group) is 1. The van der Waals surface area contributed by atoms with Gasteiger partial charge in [-0.3, -0.25) is 13.9 Å². The molecule has 0 unspecified atom stereocenters. The Labute approximate surface area is 287 Å². The van der Waals surface area contributed by atoms with Gasteiger partial charge in [-0.05, 0) is 85.6 Å². The predicted octanol–water partition coefficient (Wildman–Crippen LogP) is 6.58. The number of aromatic nitrogens is 2. The first-order valence-electron chi connectivity index (χ1n) is 16.3. The van der Waals surface area contributed by atoms with Gasteiger partial charge >= 0.3 is 18.3 Å². The van der Waals surface area contributed by atoms with E-state index in [9.17, 15) is 19.2 Å². The standard InChI is InChI=1S/C37H49N5O7/c1-35(2,3)47-32(44)39-27(19-23-21-41(33(45)48-36(4,5)6)28-17-13-11-15-25(23)28)31(43)40(10)30(38)20-24-22-42(34(46)49-37(7,8)9)29-18-14-12-16-26(24)29/h11-18,21-22,27,30H,19-20,38H2,1-10H3,(H,39,44)/t27-,30-/m1/s1. The molecule has 12 nitrogen and oxygen atoms in total. The monoisotopic (exact) mass is 675 g/mol. The zero-order valence-electron chi connectivity index (χ0n) is 30.1. The third-order valence-corrected chi connectivity index (χ3v) is 7.46.